The highest BCUT2D eigenvalue weighted by Crippen LogP contribution is 2.68. The summed E-state index contributed by atoms with van der Waals surface area (Å²) in [6.45, 7) is 18.6. The van der Waals surface area contributed by atoms with Gasteiger partial charge in [-0.25, -0.2) is 4.98 Å². The van der Waals surface area contributed by atoms with Crippen molar-refractivity contribution in [1.82, 2.24) is 4.98 Å². The molecule has 0 saturated heterocycles. The molecule has 422 valence electrons. The predicted molar refractivity (Wildman–Crippen MR) is 364 cm³/mol. The first kappa shape index (κ1) is 53.7. The van der Waals surface area contributed by atoms with Crippen LogP contribution in [-0.4, -0.2) is 4.98 Å². The lowest BCUT2D eigenvalue weighted by molar-refractivity contribution is 0.590. The maximum atomic E-state index is 7.57. The largest absolute Gasteiger partial charge is 0.437 e. The van der Waals surface area contributed by atoms with Gasteiger partial charge in [-0.2, -0.15) is 0 Å². The topological polar surface area (TPSA) is 32.5 Å². The summed E-state index contributed by atoms with van der Waals surface area (Å²) in [5.41, 5.74) is 25.5. The van der Waals surface area contributed by atoms with Crippen LogP contribution >= 0.6 is 0 Å². The van der Waals surface area contributed by atoms with Gasteiger partial charge in [-0.05, 0) is 167 Å². The molecular formula is C83H69N3O. The van der Waals surface area contributed by atoms with Crippen LogP contribution in [0.15, 0.2) is 278 Å². The van der Waals surface area contributed by atoms with Gasteiger partial charge in [-0.15, -0.1) is 0 Å². The van der Waals surface area contributed by atoms with Crippen LogP contribution in [0.2, 0.25) is 0 Å². The predicted octanol–water partition coefficient (Wildman–Crippen LogP) is 22.5. The molecule has 0 aliphatic heterocycles. The van der Waals surface area contributed by atoms with Gasteiger partial charge in [0.25, 0.3) is 0 Å². The third-order valence-corrected chi connectivity index (χ3v) is 18.7. The summed E-state index contributed by atoms with van der Waals surface area (Å²) in [4.78, 5) is 10.1. The van der Waals surface area contributed by atoms with Gasteiger partial charge in [0.05, 0.1) is 27.6 Å². The molecular weight excluding hydrogens is 1050 g/mol. The standard InChI is InChI=1S/C83H69N3O/c1-80(2,3)58-39-47-64(48-40-58)85(62-43-35-56(36-44-62)54-24-13-9-14-25-54)71-52-70-76(78-73(71)67-33-23-51-84-79(67)87-78)75-69(83(70,60-28-17-11-18-29-60)61-30-19-12-20-31-61)53-72(77-74(75)66-32-21-22-34-68(66)82(77,7)8)86(65-49-41-59(42-50-65)81(4,5)6)63-45-37-57(38-46-63)55-26-15-10-16-27-55/h9-53H,1-8H3. The fourth-order valence-corrected chi connectivity index (χ4v) is 14.4. The van der Waals surface area contributed by atoms with E-state index < -0.39 is 10.8 Å². The Morgan fingerprint density at radius 3 is 1.29 bits per heavy atom. The number of furan rings is 1. The zero-order valence-electron chi connectivity index (χ0n) is 50.7. The van der Waals surface area contributed by atoms with E-state index in [4.69, 9.17) is 9.40 Å². The summed E-state index contributed by atoms with van der Waals surface area (Å²) in [6.07, 6.45) is 1.86. The zero-order chi connectivity index (χ0) is 59.4. The average Bonchev–Trinajstić information content (AvgIpc) is 1.51. The summed E-state index contributed by atoms with van der Waals surface area (Å²) in [7, 11) is 0. The van der Waals surface area contributed by atoms with Gasteiger partial charge in [0.15, 0.2) is 0 Å². The molecule has 4 nitrogen and oxygen atoms in total. The maximum Gasteiger partial charge on any atom is 0.227 e. The molecule has 0 atom stereocenters. The highest BCUT2D eigenvalue weighted by atomic mass is 16.3. The van der Waals surface area contributed by atoms with Crippen LogP contribution in [0.4, 0.5) is 34.1 Å². The van der Waals surface area contributed by atoms with Gasteiger partial charge in [0.1, 0.15) is 5.58 Å². The Morgan fingerprint density at radius 1 is 0.379 bits per heavy atom. The van der Waals surface area contributed by atoms with E-state index in [1.807, 2.05) is 6.20 Å². The number of anilines is 6. The minimum absolute atomic E-state index is 0.0384. The second-order valence-corrected chi connectivity index (χ2v) is 26.3. The normalized spacial score (nSPS) is 13.7. The molecule has 0 unspecified atom stereocenters. The van der Waals surface area contributed by atoms with Crippen LogP contribution in [0.1, 0.15) is 99.9 Å². The molecule has 0 fully saturated rings. The lowest BCUT2D eigenvalue weighted by atomic mass is 9.67. The van der Waals surface area contributed by atoms with Crippen molar-refractivity contribution in [2.45, 2.75) is 77.0 Å². The summed E-state index contributed by atoms with van der Waals surface area (Å²) in [5, 5.41) is 1.97. The summed E-state index contributed by atoms with van der Waals surface area (Å²) < 4.78 is 7.57. The summed E-state index contributed by atoms with van der Waals surface area (Å²) in [5.74, 6) is 0. The van der Waals surface area contributed by atoms with E-state index in [0.717, 1.165) is 78.3 Å². The lowest BCUT2D eigenvalue weighted by Gasteiger charge is -2.37. The number of nitrogens with zero attached hydrogens (tertiary/aromatic N) is 3. The molecule has 11 aromatic carbocycles. The first-order valence-electron chi connectivity index (χ1n) is 30.6. The van der Waals surface area contributed by atoms with Crippen molar-refractivity contribution in [1.29, 1.82) is 0 Å². The number of aromatic nitrogens is 1. The van der Waals surface area contributed by atoms with Crippen LogP contribution < -0.4 is 9.80 Å². The van der Waals surface area contributed by atoms with E-state index >= 15 is 0 Å². The zero-order valence-corrected chi connectivity index (χ0v) is 50.7. The van der Waals surface area contributed by atoms with E-state index in [1.54, 1.807) is 0 Å². The van der Waals surface area contributed by atoms with Crippen molar-refractivity contribution in [2.75, 3.05) is 9.80 Å². The fraction of sp³-hybridized carbons (Fsp3) is 0.145. The number of pyridine rings is 1. The van der Waals surface area contributed by atoms with Gasteiger partial charge >= 0.3 is 0 Å². The number of rotatable bonds is 10. The van der Waals surface area contributed by atoms with E-state index in [0.29, 0.717) is 5.71 Å². The number of benzene rings is 11. The van der Waals surface area contributed by atoms with Gasteiger partial charge in [-0.1, -0.05) is 250 Å². The molecule has 0 N–H and O–H groups in total. The molecule has 2 aliphatic carbocycles. The van der Waals surface area contributed by atoms with Crippen LogP contribution in [0.25, 0.3) is 66.6 Å². The molecule has 2 aromatic heterocycles. The second-order valence-electron chi connectivity index (χ2n) is 26.3. The minimum Gasteiger partial charge on any atom is -0.437 e. The molecule has 0 spiro atoms. The van der Waals surface area contributed by atoms with Gasteiger partial charge in [0, 0.05) is 39.9 Å². The Labute approximate surface area is 511 Å². The molecule has 15 rings (SSSR count). The fourth-order valence-electron chi connectivity index (χ4n) is 14.4. The number of hydrogen-bond donors (Lipinski definition) is 0. The van der Waals surface area contributed by atoms with Crippen molar-refractivity contribution in [3.8, 4) is 44.5 Å². The molecule has 0 radical (unpaired) electrons. The smallest absolute Gasteiger partial charge is 0.227 e. The Morgan fingerprint density at radius 2 is 0.793 bits per heavy atom. The molecule has 0 saturated carbocycles. The first-order valence-corrected chi connectivity index (χ1v) is 30.6. The van der Waals surface area contributed by atoms with Crippen LogP contribution in [-0.2, 0) is 21.7 Å². The third-order valence-electron chi connectivity index (χ3n) is 18.7. The van der Waals surface area contributed by atoms with Crippen LogP contribution in [0.5, 0.6) is 0 Å². The molecule has 87 heavy (non-hydrogen) atoms. The number of fused-ring (bicyclic) bond motifs is 11. The Hall–Kier alpha value is -10.0. The van der Waals surface area contributed by atoms with Crippen molar-refractivity contribution >= 4 is 56.2 Å². The molecule has 2 heterocycles. The Kier molecular flexibility index (Phi) is 12.5. The van der Waals surface area contributed by atoms with E-state index in [9.17, 15) is 0 Å². The first-order chi connectivity index (χ1) is 42.2. The Bertz CT molecular complexity index is 4680. The van der Waals surface area contributed by atoms with E-state index in [2.05, 4.69) is 332 Å². The van der Waals surface area contributed by atoms with Crippen molar-refractivity contribution in [2.24, 2.45) is 0 Å². The van der Waals surface area contributed by atoms with E-state index in [-0.39, 0.29) is 10.8 Å². The summed E-state index contributed by atoms with van der Waals surface area (Å²) >= 11 is 0. The molecule has 2 aliphatic rings. The quantitative estimate of drug-likeness (QED) is 0.137. The molecule has 0 bridgehead atoms. The van der Waals surface area contributed by atoms with Gasteiger partial charge in [0.2, 0.25) is 5.71 Å². The average molecular weight is 1120 g/mol. The Balaban J connectivity index is 1.10. The highest BCUT2D eigenvalue weighted by molar-refractivity contribution is 6.21. The maximum absolute atomic E-state index is 7.57. The molecule has 0 amide bonds. The molecule has 13 aromatic rings. The monoisotopic (exact) mass is 1120 g/mol. The lowest BCUT2D eigenvalue weighted by Crippen LogP contribution is -2.29. The van der Waals surface area contributed by atoms with Crippen LogP contribution in [0, 0.1) is 0 Å². The SMILES string of the molecule is CC(C)(C)c1ccc(N(c2ccc(-c3ccccc3)cc2)c2cc3c(c4c2C(C)(C)c2ccccc2-4)-c2c(cc(N(c4ccc(-c5ccccc5)cc4)c4ccc(C(C)(C)C)cc4)c4c2oc2ncccc24)C3(c2ccccc2)c2ccccc2)cc1. The molecule has 4 heteroatoms. The van der Waals surface area contributed by atoms with Gasteiger partial charge in [-0.3, -0.25) is 0 Å². The van der Waals surface area contributed by atoms with Crippen molar-refractivity contribution < 1.29 is 4.42 Å². The third kappa shape index (κ3) is 8.59. The van der Waals surface area contributed by atoms with Crippen molar-refractivity contribution in [3.63, 3.8) is 0 Å². The highest BCUT2D eigenvalue weighted by Gasteiger charge is 2.53. The van der Waals surface area contributed by atoms with Crippen molar-refractivity contribution in [3.05, 3.63) is 318 Å². The van der Waals surface area contributed by atoms with Gasteiger partial charge < -0.3 is 14.2 Å². The summed E-state index contributed by atoms with van der Waals surface area (Å²) in [6, 6.07) is 99.2. The number of hydrogen-bond acceptors (Lipinski definition) is 4. The minimum atomic E-state index is -0.897. The van der Waals surface area contributed by atoms with Crippen LogP contribution in [0.3, 0.4) is 0 Å². The van der Waals surface area contributed by atoms with E-state index in [1.165, 1.54) is 61.2 Å². The second kappa shape index (κ2) is 20.3.